The second kappa shape index (κ2) is 6.19. The Hall–Kier alpha value is -1.84. The number of aromatic carboxylic acids is 2. The molecule has 0 saturated carbocycles. The van der Waals surface area contributed by atoms with Gasteiger partial charge in [-0.2, -0.15) is 0 Å². The Morgan fingerprint density at radius 3 is 2.22 bits per heavy atom. The minimum absolute atomic E-state index is 0.109. The van der Waals surface area contributed by atoms with Crippen molar-refractivity contribution in [1.29, 1.82) is 0 Å². The molecule has 18 heavy (non-hydrogen) atoms. The molecule has 0 radical (unpaired) electrons. The fourth-order valence-corrected chi connectivity index (χ4v) is 2.07. The van der Waals surface area contributed by atoms with Crippen LogP contribution in [0.15, 0.2) is 12.1 Å². The minimum atomic E-state index is -1.06. The normalized spacial score (nSPS) is 10.3. The van der Waals surface area contributed by atoms with Crippen LogP contribution in [0.4, 0.5) is 0 Å². The molecule has 98 valence electrons. The summed E-state index contributed by atoms with van der Waals surface area (Å²) < 4.78 is 0. The average Bonchev–Trinajstić information content (AvgIpc) is 2.34. The number of unbranched alkanes of at least 4 members (excludes halogenated alkanes) is 1. The Kier molecular flexibility index (Phi) is 4.89. The van der Waals surface area contributed by atoms with Crippen molar-refractivity contribution in [3.8, 4) is 0 Å². The molecule has 1 aromatic carbocycles. The lowest BCUT2D eigenvalue weighted by Crippen LogP contribution is -2.13. The van der Waals surface area contributed by atoms with E-state index in [0.717, 1.165) is 12.8 Å². The van der Waals surface area contributed by atoms with Crippen LogP contribution in [0.2, 0.25) is 0 Å². The predicted molar refractivity (Wildman–Crippen MR) is 68.4 cm³/mol. The molecule has 0 aliphatic heterocycles. The molecule has 0 amide bonds. The lowest BCUT2D eigenvalue weighted by molar-refractivity contribution is 0.0694. The number of benzene rings is 1. The number of carbonyl (C=O) groups is 2. The van der Waals surface area contributed by atoms with E-state index in [9.17, 15) is 14.7 Å². The van der Waals surface area contributed by atoms with Gasteiger partial charge in [0.25, 0.3) is 0 Å². The molecular formula is C14H18O4. The van der Waals surface area contributed by atoms with Gasteiger partial charge in [0.2, 0.25) is 0 Å². The van der Waals surface area contributed by atoms with Gasteiger partial charge in [-0.3, -0.25) is 0 Å². The van der Waals surface area contributed by atoms with Crippen LogP contribution < -0.4 is 0 Å². The van der Waals surface area contributed by atoms with Crippen molar-refractivity contribution in [2.24, 2.45) is 0 Å². The first-order chi connectivity index (χ1) is 8.52. The molecular weight excluding hydrogens is 232 g/mol. The van der Waals surface area contributed by atoms with Gasteiger partial charge >= 0.3 is 11.9 Å². The molecule has 0 bridgehead atoms. The predicted octanol–water partition coefficient (Wildman–Crippen LogP) is 2.99. The Morgan fingerprint density at radius 2 is 1.78 bits per heavy atom. The molecule has 4 heteroatoms. The van der Waals surface area contributed by atoms with Gasteiger partial charge in [-0.15, -0.1) is 0 Å². The molecule has 0 aliphatic carbocycles. The van der Waals surface area contributed by atoms with Crippen molar-refractivity contribution in [1.82, 2.24) is 0 Å². The van der Waals surface area contributed by atoms with Crippen molar-refractivity contribution >= 4 is 11.9 Å². The number of hydrogen-bond donors (Lipinski definition) is 2. The van der Waals surface area contributed by atoms with E-state index in [-0.39, 0.29) is 11.1 Å². The smallest absolute Gasteiger partial charge is 0.336 e. The molecule has 0 saturated heterocycles. The zero-order chi connectivity index (χ0) is 13.7. The summed E-state index contributed by atoms with van der Waals surface area (Å²) >= 11 is 0. The van der Waals surface area contributed by atoms with Gasteiger partial charge in [0.1, 0.15) is 0 Å². The summed E-state index contributed by atoms with van der Waals surface area (Å²) in [7, 11) is 0. The second-order valence-corrected chi connectivity index (χ2v) is 4.19. The van der Waals surface area contributed by atoms with Gasteiger partial charge in [-0.1, -0.05) is 26.3 Å². The third-order valence-electron chi connectivity index (χ3n) is 3.00. The van der Waals surface area contributed by atoms with E-state index in [1.54, 1.807) is 6.07 Å². The first-order valence-electron chi connectivity index (χ1n) is 6.14. The van der Waals surface area contributed by atoms with Crippen LogP contribution in [0.5, 0.6) is 0 Å². The summed E-state index contributed by atoms with van der Waals surface area (Å²) in [6.45, 7) is 3.86. The topological polar surface area (TPSA) is 74.6 Å². The number of rotatable bonds is 6. The quantitative estimate of drug-likeness (QED) is 0.813. The first kappa shape index (κ1) is 14.2. The molecule has 0 atom stereocenters. The van der Waals surface area contributed by atoms with Crippen LogP contribution in [-0.2, 0) is 12.8 Å². The van der Waals surface area contributed by atoms with Gasteiger partial charge in [0, 0.05) is 0 Å². The third-order valence-corrected chi connectivity index (χ3v) is 3.00. The Labute approximate surface area is 106 Å². The van der Waals surface area contributed by atoms with Gasteiger partial charge in [-0.25, -0.2) is 9.59 Å². The lowest BCUT2D eigenvalue weighted by Gasteiger charge is -2.13. The van der Waals surface area contributed by atoms with E-state index < -0.39 is 11.9 Å². The summed E-state index contributed by atoms with van der Waals surface area (Å²) in [5.41, 5.74) is 1.43. The van der Waals surface area contributed by atoms with E-state index in [1.807, 2.05) is 13.8 Å². The highest BCUT2D eigenvalue weighted by Crippen LogP contribution is 2.22. The summed E-state index contributed by atoms with van der Waals surface area (Å²) in [6, 6.07) is 3.11. The molecule has 0 unspecified atom stereocenters. The van der Waals surface area contributed by atoms with E-state index in [2.05, 4.69) is 0 Å². The number of aryl methyl sites for hydroxylation is 1. The van der Waals surface area contributed by atoms with Crippen LogP contribution in [-0.4, -0.2) is 22.2 Å². The van der Waals surface area contributed by atoms with Gasteiger partial charge < -0.3 is 10.2 Å². The lowest BCUT2D eigenvalue weighted by atomic mass is 9.91. The minimum Gasteiger partial charge on any atom is -0.478 e. The average molecular weight is 250 g/mol. The molecule has 0 spiro atoms. The van der Waals surface area contributed by atoms with Gasteiger partial charge in [0.05, 0.1) is 11.1 Å². The van der Waals surface area contributed by atoms with E-state index >= 15 is 0 Å². The SMILES string of the molecule is CCCCc1c(C(=O)O)ccc(CC)c1C(=O)O. The van der Waals surface area contributed by atoms with Crippen LogP contribution in [0.25, 0.3) is 0 Å². The summed E-state index contributed by atoms with van der Waals surface area (Å²) in [6.07, 6.45) is 2.76. The molecule has 2 N–H and O–H groups in total. The molecule has 0 aliphatic rings. The zero-order valence-corrected chi connectivity index (χ0v) is 10.7. The summed E-state index contributed by atoms with van der Waals surface area (Å²) in [4.78, 5) is 22.5. The number of carboxylic acids is 2. The fourth-order valence-electron chi connectivity index (χ4n) is 2.07. The maximum absolute atomic E-state index is 11.3. The third kappa shape index (κ3) is 2.88. The fraction of sp³-hybridized carbons (Fsp3) is 0.429. The van der Waals surface area contributed by atoms with Crippen molar-refractivity contribution in [3.05, 3.63) is 34.4 Å². The van der Waals surface area contributed by atoms with Crippen molar-refractivity contribution in [3.63, 3.8) is 0 Å². The summed E-state index contributed by atoms with van der Waals surface area (Å²) in [5, 5.41) is 18.4. The zero-order valence-electron chi connectivity index (χ0n) is 10.7. The monoisotopic (exact) mass is 250 g/mol. The van der Waals surface area contributed by atoms with Crippen LogP contribution >= 0.6 is 0 Å². The van der Waals surface area contributed by atoms with Crippen molar-refractivity contribution in [2.45, 2.75) is 39.5 Å². The van der Waals surface area contributed by atoms with Crippen LogP contribution in [0.1, 0.15) is 58.5 Å². The Morgan fingerprint density at radius 1 is 1.11 bits per heavy atom. The van der Waals surface area contributed by atoms with E-state index in [4.69, 9.17) is 5.11 Å². The van der Waals surface area contributed by atoms with Gasteiger partial charge in [0.15, 0.2) is 0 Å². The number of carboxylic acid groups (broad SMARTS) is 2. The highest BCUT2D eigenvalue weighted by molar-refractivity contribution is 5.97. The van der Waals surface area contributed by atoms with Crippen LogP contribution in [0.3, 0.4) is 0 Å². The largest absolute Gasteiger partial charge is 0.478 e. The molecule has 1 aromatic rings. The van der Waals surface area contributed by atoms with E-state index in [0.29, 0.717) is 24.0 Å². The molecule has 0 fully saturated rings. The van der Waals surface area contributed by atoms with Crippen molar-refractivity contribution in [2.75, 3.05) is 0 Å². The summed E-state index contributed by atoms with van der Waals surface area (Å²) in [5.74, 6) is -2.10. The Balaban J connectivity index is 3.43. The van der Waals surface area contributed by atoms with Crippen LogP contribution in [0, 0.1) is 0 Å². The van der Waals surface area contributed by atoms with Gasteiger partial charge in [-0.05, 0) is 36.5 Å². The van der Waals surface area contributed by atoms with Crippen molar-refractivity contribution < 1.29 is 19.8 Å². The Bertz CT molecular complexity index is 463. The van der Waals surface area contributed by atoms with E-state index in [1.165, 1.54) is 6.07 Å². The first-order valence-corrected chi connectivity index (χ1v) is 6.14. The maximum Gasteiger partial charge on any atom is 0.336 e. The maximum atomic E-state index is 11.3. The molecule has 4 nitrogen and oxygen atoms in total. The number of hydrogen-bond acceptors (Lipinski definition) is 2. The molecule has 0 heterocycles. The molecule has 0 aromatic heterocycles. The second-order valence-electron chi connectivity index (χ2n) is 4.19. The highest BCUT2D eigenvalue weighted by atomic mass is 16.4. The highest BCUT2D eigenvalue weighted by Gasteiger charge is 2.20. The standard InChI is InChI=1S/C14H18O4/c1-3-5-6-10-11(13(15)16)8-7-9(4-2)12(10)14(17)18/h7-8H,3-6H2,1-2H3,(H,15,16)(H,17,18). The molecule has 1 rings (SSSR count).